The van der Waals surface area contributed by atoms with Crippen molar-refractivity contribution >= 4 is 11.3 Å². The van der Waals surface area contributed by atoms with E-state index in [2.05, 4.69) is 38.1 Å². The molecule has 0 aliphatic heterocycles. The zero-order valence-corrected chi connectivity index (χ0v) is 12.9. The van der Waals surface area contributed by atoms with E-state index in [0.29, 0.717) is 0 Å². The van der Waals surface area contributed by atoms with E-state index < -0.39 is 0 Å². The molecule has 0 radical (unpaired) electrons. The Morgan fingerprint density at radius 2 is 1.38 bits per heavy atom. The fourth-order valence-electron chi connectivity index (χ4n) is 2.51. The Morgan fingerprint density at radius 3 is 1.90 bits per heavy atom. The molecule has 0 N–H and O–H groups in total. The predicted molar refractivity (Wildman–Crippen MR) is 89.8 cm³/mol. The van der Waals surface area contributed by atoms with Crippen LogP contribution in [0.5, 0.6) is 0 Å². The first kappa shape index (κ1) is 13.8. The van der Waals surface area contributed by atoms with E-state index in [-0.39, 0.29) is 10.9 Å². The molecule has 1 aromatic heterocycles. The molecule has 0 bridgehead atoms. The van der Waals surface area contributed by atoms with Crippen LogP contribution in [-0.2, 0) is 0 Å². The van der Waals surface area contributed by atoms with Crippen LogP contribution in [0.15, 0.2) is 65.5 Å². The minimum absolute atomic E-state index is 0.0997. The van der Waals surface area contributed by atoms with Gasteiger partial charge in [-0.05, 0) is 25.0 Å². The number of thiazole rings is 1. The lowest BCUT2D eigenvalue weighted by Gasteiger charge is -2.13. The summed E-state index contributed by atoms with van der Waals surface area (Å²) in [7, 11) is 0. The number of rotatable bonds is 3. The van der Waals surface area contributed by atoms with Gasteiger partial charge in [0, 0.05) is 6.04 Å². The highest BCUT2D eigenvalue weighted by atomic mass is 32.1. The van der Waals surface area contributed by atoms with E-state index in [1.165, 1.54) is 11.3 Å². The lowest BCUT2D eigenvalue weighted by Crippen LogP contribution is -2.16. The molecule has 3 rings (SSSR count). The standard InChI is InChI=1S/C18H17NOS/c1-13(2)19-16(14-9-5-3-6-10-14)17(21-18(19)20)15-11-7-4-8-12-15/h3-13H,1-2H3. The Kier molecular flexibility index (Phi) is 3.76. The summed E-state index contributed by atoms with van der Waals surface area (Å²) in [5.74, 6) is 0. The van der Waals surface area contributed by atoms with Gasteiger partial charge in [0.25, 0.3) is 0 Å². The second-order valence-electron chi connectivity index (χ2n) is 5.24. The first-order chi connectivity index (χ1) is 10.2. The van der Waals surface area contributed by atoms with Gasteiger partial charge in [-0.1, -0.05) is 72.0 Å². The van der Waals surface area contributed by atoms with Gasteiger partial charge >= 0.3 is 4.87 Å². The largest absolute Gasteiger partial charge is 0.308 e. The quantitative estimate of drug-likeness (QED) is 0.678. The Labute approximate surface area is 128 Å². The Balaban J connectivity index is 2.32. The van der Waals surface area contributed by atoms with Crippen molar-refractivity contribution in [2.24, 2.45) is 0 Å². The first-order valence-corrected chi connectivity index (χ1v) is 7.86. The summed E-state index contributed by atoms with van der Waals surface area (Å²) in [5.41, 5.74) is 3.20. The van der Waals surface area contributed by atoms with Crippen LogP contribution in [0.25, 0.3) is 21.7 Å². The molecule has 2 nitrogen and oxygen atoms in total. The van der Waals surface area contributed by atoms with Crippen molar-refractivity contribution in [1.82, 2.24) is 4.57 Å². The third-order valence-corrected chi connectivity index (χ3v) is 4.45. The maximum absolute atomic E-state index is 12.4. The summed E-state index contributed by atoms with van der Waals surface area (Å²) >= 11 is 1.32. The molecular formula is C18H17NOS. The summed E-state index contributed by atoms with van der Waals surface area (Å²) in [6.07, 6.45) is 0. The van der Waals surface area contributed by atoms with Crippen LogP contribution >= 0.6 is 11.3 Å². The van der Waals surface area contributed by atoms with Gasteiger partial charge in [-0.25, -0.2) is 0 Å². The number of aromatic nitrogens is 1. The third kappa shape index (κ3) is 2.57. The van der Waals surface area contributed by atoms with Gasteiger partial charge in [0.15, 0.2) is 0 Å². The topological polar surface area (TPSA) is 22.0 Å². The SMILES string of the molecule is CC(C)n1c(-c2ccccc2)c(-c2ccccc2)sc1=O. The molecule has 2 aromatic carbocycles. The van der Waals surface area contributed by atoms with E-state index in [9.17, 15) is 4.79 Å². The molecule has 0 amide bonds. The minimum Gasteiger partial charge on any atom is -0.296 e. The van der Waals surface area contributed by atoms with Crippen molar-refractivity contribution in [2.75, 3.05) is 0 Å². The summed E-state index contributed by atoms with van der Waals surface area (Å²) in [6.45, 7) is 4.10. The molecule has 0 atom stereocenters. The summed E-state index contributed by atoms with van der Waals surface area (Å²) < 4.78 is 1.89. The first-order valence-electron chi connectivity index (χ1n) is 7.04. The van der Waals surface area contributed by atoms with Crippen molar-refractivity contribution in [3.8, 4) is 21.7 Å². The van der Waals surface area contributed by atoms with E-state index in [1.807, 2.05) is 41.0 Å². The van der Waals surface area contributed by atoms with Gasteiger partial charge in [0.1, 0.15) is 0 Å². The second kappa shape index (κ2) is 5.70. The molecule has 0 saturated heterocycles. The highest BCUT2D eigenvalue weighted by molar-refractivity contribution is 7.13. The van der Waals surface area contributed by atoms with Gasteiger partial charge in [0.2, 0.25) is 0 Å². The molecule has 1 heterocycles. The third-order valence-electron chi connectivity index (χ3n) is 3.44. The number of hydrogen-bond acceptors (Lipinski definition) is 2. The molecule has 0 aliphatic carbocycles. The Morgan fingerprint density at radius 1 is 0.857 bits per heavy atom. The fourth-order valence-corrected chi connectivity index (χ4v) is 3.65. The van der Waals surface area contributed by atoms with Crippen molar-refractivity contribution in [2.45, 2.75) is 19.9 Å². The number of benzene rings is 2. The van der Waals surface area contributed by atoms with Gasteiger partial charge in [-0.2, -0.15) is 0 Å². The van der Waals surface area contributed by atoms with Crippen molar-refractivity contribution in [1.29, 1.82) is 0 Å². The van der Waals surface area contributed by atoms with Crippen LogP contribution in [-0.4, -0.2) is 4.57 Å². The molecule has 0 aliphatic rings. The number of hydrogen-bond donors (Lipinski definition) is 0. The molecular weight excluding hydrogens is 278 g/mol. The van der Waals surface area contributed by atoms with Gasteiger partial charge in [0.05, 0.1) is 10.6 Å². The van der Waals surface area contributed by atoms with Crippen LogP contribution in [0.2, 0.25) is 0 Å². The van der Waals surface area contributed by atoms with Crippen LogP contribution < -0.4 is 4.87 Å². The van der Waals surface area contributed by atoms with Gasteiger partial charge in [-0.3, -0.25) is 9.36 Å². The second-order valence-corrected chi connectivity index (χ2v) is 6.20. The fraction of sp³-hybridized carbons (Fsp3) is 0.167. The van der Waals surface area contributed by atoms with E-state index >= 15 is 0 Å². The molecule has 0 saturated carbocycles. The zero-order chi connectivity index (χ0) is 14.8. The zero-order valence-electron chi connectivity index (χ0n) is 12.1. The highest BCUT2D eigenvalue weighted by Crippen LogP contribution is 2.35. The average molecular weight is 295 g/mol. The molecule has 3 aromatic rings. The Bertz CT molecular complexity index is 785. The van der Waals surface area contributed by atoms with Crippen LogP contribution in [0.1, 0.15) is 19.9 Å². The summed E-state index contributed by atoms with van der Waals surface area (Å²) in [4.78, 5) is 13.6. The molecule has 0 unspecified atom stereocenters. The smallest absolute Gasteiger partial charge is 0.296 e. The lowest BCUT2D eigenvalue weighted by molar-refractivity contribution is 0.597. The Hall–Kier alpha value is -2.13. The maximum Gasteiger partial charge on any atom is 0.308 e. The van der Waals surface area contributed by atoms with Gasteiger partial charge in [-0.15, -0.1) is 0 Å². The summed E-state index contributed by atoms with van der Waals surface area (Å²) in [5, 5.41) is 0. The molecule has 106 valence electrons. The predicted octanol–water partition coefficient (Wildman–Crippen LogP) is 4.82. The molecule has 0 fully saturated rings. The minimum atomic E-state index is 0.0997. The average Bonchev–Trinajstić information content (AvgIpc) is 2.86. The van der Waals surface area contributed by atoms with Crippen molar-refractivity contribution in [3.05, 3.63) is 70.3 Å². The van der Waals surface area contributed by atoms with E-state index in [1.54, 1.807) is 0 Å². The molecule has 21 heavy (non-hydrogen) atoms. The molecule has 3 heteroatoms. The number of nitrogens with zero attached hydrogens (tertiary/aromatic N) is 1. The maximum atomic E-state index is 12.4. The normalized spacial score (nSPS) is 11.0. The van der Waals surface area contributed by atoms with Crippen LogP contribution in [0.3, 0.4) is 0 Å². The van der Waals surface area contributed by atoms with Crippen molar-refractivity contribution in [3.63, 3.8) is 0 Å². The van der Waals surface area contributed by atoms with Crippen LogP contribution in [0, 0.1) is 0 Å². The summed E-state index contributed by atoms with van der Waals surface area (Å²) in [6, 6.07) is 20.4. The highest BCUT2D eigenvalue weighted by Gasteiger charge is 2.19. The van der Waals surface area contributed by atoms with Crippen LogP contribution in [0.4, 0.5) is 0 Å². The lowest BCUT2D eigenvalue weighted by atomic mass is 10.1. The van der Waals surface area contributed by atoms with E-state index in [4.69, 9.17) is 0 Å². The van der Waals surface area contributed by atoms with E-state index in [0.717, 1.165) is 21.7 Å². The monoisotopic (exact) mass is 295 g/mol. The van der Waals surface area contributed by atoms with Gasteiger partial charge < -0.3 is 0 Å². The molecule has 0 spiro atoms. The van der Waals surface area contributed by atoms with Crippen molar-refractivity contribution < 1.29 is 0 Å².